The number of carbonyl (C=O) groups excluding carboxylic acids is 2. The molecule has 7 nitrogen and oxygen atoms in total. The van der Waals surface area contributed by atoms with E-state index >= 15 is 0 Å². The second-order valence-electron chi connectivity index (χ2n) is 7.14. The number of ether oxygens (including phenoxy) is 1. The SMILES string of the molecule is COc1ccccc1CCNC(=O)N1CCN(CC(=O)N2CCCC2)CC1. The maximum atomic E-state index is 12.4. The molecule has 3 amide bonds. The van der Waals surface area contributed by atoms with Crippen LogP contribution in [-0.2, 0) is 11.2 Å². The summed E-state index contributed by atoms with van der Waals surface area (Å²) in [4.78, 5) is 30.5. The van der Waals surface area contributed by atoms with Crippen molar-refractivity contribution in [1.29, 1.82) is 0 Å². The number of methoxy groups -OCH3 is 1. The summed E-state index contributed by atoms with van der Waals surface area (Å²) >= 11 is 0. The van der Waals surface area contributed by atoms with Crippen molar-refractivity contribution in [2.24, 2.45) is 0 Å². The van der Waals surface area contributed by atoms with Crippen LogP contribution < -0.4 is 10.1 Å². The zero-order chi connectivity index (χ0) is 19.1. The average molecular weight is 374 g/mol. The number of carbonyl (C=O) groups is 2. The van der Waals surface area contributed by atoms with Gasteiger partial charge < -0.3 is 19.9 Å². The summed E-state index contributed by atoms with van der Waals surface area (Å²) in [6, 6.07) is 7.83. The largest absolute Gasteiger partial charge is 0.496 e. The smallest absolute Gasteiger partial charge is 0.317 e. The number of amides is 3. The molecule has 0 unspecified atom stereocenters. The Morgan fingerprint density at radius 1 is 1.00 bits per heavy atom. The molecule has 0 aromatic heterocycles. The van der Waals surface area contributed by atoms with E-state index in [9.17, 15) is 9.59 Å². The number of hydrogen-bond donors (Lipinski definition) is 1. The van der Waals surface area contributed by atoms with Crippen molar-refractivity contribution < 1.29 is 14.3 Å². The number of para-hydroxylation sites is 1. The molecule has 1 aromatic carbocycles. The lowest BCUT2D eigenvalue weighted by atomic mass is 10.1. The number of urea groups is 1. The molecule has 1 N–H and O–H groups in total. The van der Waals surface area contributed by atoms with E-state index in [2.05, 4.69) is 10.2 Å². The van der Waals surface area contributed by atoms with E-state index in [-0.39, 0.29) is 11.9 Å². The number of nitrogens with zero attached hydrogens (tertiary/aromatic N) is 3. The van der Waals surface area contributed by atoms with Gasteiger partial charge in [-0.3, -0.25) is 9.69 Å². The van der Waals surface area contributed by atoms with Gasteiger partial charge in [0.05, 0.1) is 13.7 Å². The molecule has 0 spiro atoms. The van der Waals surface area contributed by atoms with Crippen molar-refractivity contribution in [3.63, 3.8) is 0 Å². The van der Waals surface area contributed by atoms with Crippen LogP contribution in [0.5, 0.6) is 5.75 Å². The van der Waals surface area contributed by atoms with Gasteiger partial charge in [0.15, 0.2) is 0 Å². The lowest BCUT2D eigenvalue weighted by Crippen LogP contribution is -2.53. The van der Waals surface area contributed by atoms with Crippen molar-refractivity contribution in [3.05, 3.63) is 29.8 Å². The molecule has 27 heavy (non-hydrogen) atoms. The Labute approximate surface area is 161 Å². The lowest BCUT2D eigenvalue weighted by molar-refractivity contribution is -0.131. The third kappa shape index (κ3) is 5.35. The number of likely N-dealkylation sites (tertiary alicyclic amines) is 1. The van der Waals surface area contributed by atoms with Crippen LogP contribution in [0.2, 0.25) is 0 Å². The molecule has 0 bridgehead atoms. The minimum atomic E-state index is -0.0320. The van der Waals surface area contributed by atoms with E-state index in [1.807, 2.05) is 34.1 Å². The van der Waals surface area contributed by atoms with Crippen LogP contribution in [0, 0.1) is 0 Å². The summed E-state index contributed by atoms with van der Waals surface area (Å²) < 4.78 is 5.34. The summed E-state index contributed by atoms with van der Waals surface area (Å²) in [7, 11) is 1.66. The highest BCUT2D eigenvalue weighted by atomic mass is 16.5. The number of hydrogen-bond acceptors (Lipinski definition) is 4. The van der Waals surface area contributed by atoms with Crippen molar-refractivity contribution in [2.75, 3.05) is 59.5 Å². The third-order valence-corrected chi connectivity index (χ3v) is 5.34. The topological polar surface area (TPSA) is 65.1 Å². The minimum absolute atomic E-state index is 0.0320. The van der Waals surface area contributed by atoms with Gasteiger partial charge in [-0.15, -0.1) is 0 Å². The van der Waals surface area contributed by atoms with Gasteiger partial charge in [-0.2, -0.15) is 0 Å². The second-order valence-corrected chi connectivity index (χ2v) is 7.14. The Morgan fingerprint density at radius 2 is 1.70 bits per heavy atom. The van der Waals surface area contributed by atoms with Crippen molar-refractivity contribution in [1.82, 2.24) is 20.0 Å². The molecule has 2 heterocycles. The molecule has 0 atom stereocenters. The first-order valence-corrected chi connectivity index (χ1v) is 9.82. The van der Waals surface area contributed by atoms with E-state index in [1.165, 1.54) is 0 Å². The van der Waals surface area contributed by atoms with E-state index in [4.69, 9.17) is 4.74 Å². The summed E-state index contributed by atoms with van der Waals surface area (Å²) in [5.41, 5.74) is 1.09. The van der Waals surface area contributed by atoms with Gasteiger partial charge >= 0.3 is 6.03 Å². The van der Waals surface area contributed by atoms with Crippen LogP contribution >= 0.6 is 0 Å². The summed E-state index contributed by atoms with van der Waals surface area (Å²) in [5.74, 6) is 1.07. The highest BCUT2D eigenvalue weighted by molar-refractivity contribution is 5.78. The highest BCUT2D eigenvalue weighted by Crippen LogP contribution is 2.17. The molecule has 1 aromatic rings. The van der Waals surface area contributed by atoms with E-state index in [1.54, 1.807) is 7.11 Å². The maximum Gasteiger partial charge on any atom is 0.317 e. The first kappa shape index (κ1) is 19.5. The summed E-state index contributed by atoms with van der Waals surface area (Å²) in [6.45, 7) is 5.66. The lowest BCUT2D eigenvalue weighted by Gasteiger charge is -2.35. The number of rotatable bonds is 6. The Balaban J connectivity index is 1.36. The van der Waals surface area contributed by atoms with Gasteiger partial charge in [-0.25, -0.2) is 4.79 Å². The van der Waals surface area contributed by atoms with Crippen LogP contribution in [0.1, 0.15) is 18.4 Å². The number of piperazine rings is 1. The molecule has 3 rings (SSSR count). The van der Waals surface area contributed by atoms with E-state index in [0.717, 1.165) is 56.8 Å². The summed E-state index contributed by atoms with van der Waals surface area (Å²) in [5, 5.41) is 2.99. The fourth-order valence-electron chi connectivity index (χ4n) is 3.69. The third-order valence-electron chi connectivity index (χ3n) is 5.34. The minimum Gasteiger partial charge on any atom is -0.496 e. The van der Waals surface area contributed by atoms with Crippen LogP contribution in [0.15, 0.2) is 24.3 Å². The van der Waals surface area contributed by atoms with Crippen LogP contribution in [0.4, 0.5) is 4.79 Å². The maximum absolute atomic E-state index is 12.4. The Hall–Kier alpha value is -2.28. The quantitative estimate of drug-likeness (QED) is 0.812. The Morgan fingerprint density at radius 3 is 2.41 bits per heavy atom. The zero-order valence-corrected chi connectivity index (χ0v) is 16.2. The van der Waals surface area contributed by atoms with Crippen LogP contribution in [-0.4, -0.2) is 86.1 Å². The Kier molecular flexibility index (Phi) is 6.92. The predicted octanol–water partition coefficient (Wildman–Crippen LogP) is 1.19. The molecule has 0 saturated carbocycles. The number of nitrogens with one attached hydrogen (secondary N) is 1. The molecule has 2 fully saturated rings. The van der Waals surface area contributed by atoms with Crippen molar-refractivity contribution in [2.45, 2.75) is 19.3 Å². The van der Waals surface area contributed by atoms with Crippen LogP contribution in [0.25, 0.3) is 0 Å². The van der Waals surface area contributed by atoms with Gasteiger partial charge in [0.1, 0.15) is 5.75 Å². The summed E-state index contributed by atoms with van der Waals surface area (Å²) in [6.07, 6.45) is 2.98. The molecule has 2 saturated heterocycles. The molecule has 2 aliphatic heterocycles. The Bertz CT molecular complexity index is 638. The van der Waals surface area contributed by atoms with Crippen molar-refractivity contribution >= 4 is 11.9 Å². The van der Waals surface area contributed by atoms with Crippen molar-refractivity contribution in [3.8, 4) is 5.75 Å². The monoisotopic (exact) mass is 374 g/mol. The predicted molar refractivity (Wildman–Crippen MR) is 104 cm³/mol. The molecule has 0 radical (unpaired) electrons. The molecular formula is C20H30N4O3. The zero-order valence-electron chi connectivity index (χ0n) is 16.2. The van der Waals surface area contributed by atoms with Gasteiger partial charge in [0, 0.05) is 45.8 Å². The normalized spacial score (nSPS) is 17.8. The first-order chi connectivity index (χ1) is 13.2. The molecule has 0 aliphatic carbocycles. The van der Waals surface area contributed by atoms with E-state index in [0.29, 0.717) is 26.2 Å². The van der Waals surface area contributed by atoms with Gasteiger partial charge in [-0.1, -0.05) is 18.2 Å². The van der Waals surface area contributed by atoms with Gasteiger partial charge in [0.2, 0.25) is 5.91 Å². The average Bonchev–Trinajstić information content (AvgIpc) is 3.24. The molecule has 7 heteroatoms. The second kappa shape index (κ2) is 9.60. The van der Waals surface area contributed by atoms with Gasteiger partial charge in [0.25, 0.3) is 0 Å². The van der Waals surface area contributed by atoms with Crippen LogP contribution in [0.3, 0.4) is 0 Å². The van der Waals surface area contributed by atoms with Gasteiger partial charge in [-0.05, 0) is 30.9 Å². The molecule has 148 valence electrons. The highest BCUT2D eigenvalue weighted by Gasteiger charge is 2.25. The first-order valence-electron chi connectivity index (χ1n) is 9.82. The molecular weight excluding hydrogens is 344 g/mol. The van der Waals surface area contributed by atoms with E-state index < -0.39 is 0 Å². The fourth-order valence-corrected chi connectivity index (χ4v) is 3.69. The fraction of sp³-hybridized carbons (Fsp3) is 0.600. The standard InChI is InChI=1S/C20H30N4O3/c1-27-18-7-3-2-6-17(18)8-9-21-20(26)24-14-12-22(13-15-24)16-19(25)23-10-4-5-11-23/h2-3,6-7H,4-5,8-16H2,1H3,(H,21,26). The molecule has 2 aliphatic rings. The number of benzene rings is 1.